The fraction of sp³-hybridized carbons (Fsp3) is 0.250. The van der Waals surface area contributed by atoms with E-state index in [1.54, 1.807) is 0 Å². The molecule has 0 saturated heterocycles. The molecule has 8 nitrogen and oxygen atoms in total. The predicted octanol–water partition coefficient (Wildman–Crippen LogP) is 0.434. The molecule has 0 aliphatic rings. The minimum absolute atomic E-state index is 0. The van der Waals surface area contributed by atoms with E-state index in [4.69, 9.17) is 16.9 Å². The highest BCUT2D eigenvalue weighted by Crippen LogP contribution is 2.12. The number of hydrogen-bond donors (Lipinski definition) is 4. The van der Waals surface area contributed by atoms with Crippen LogP contribution < -0.4 is 16.8 Å². The van der Waals surface area contributed by atoms with Crippen LogP contribution in [0.5, 0.6) is 0 Å². The Hall–Kier alpha value is -1.93. The van der Waals surface area contributed by atoms with E-state index < -0.39 is 11.1 Å². The molecule has 1 atom stereocenters. The van der Waals surface area contributed by atoms with E-state index in [2.05, 4.69) is 10.3 Å². The van der Waals surface area contributed by atoms with Gasteiger partial charge in [-0.3, -0.25) is 15.5 Å². The summed E-state index contributed by atoms with van der Waals surface area (Å²) in [7, 11) is 0. The summed E-state index contributed by atoms with van der Waals surface area (Å²) in [6.07, 6.45) is 0.771. The van der Waals surface area contributed by atoms with Crippen molar-refractivity contribution in [3.05, 3.63) is 28.4 Å². The number of nitrogens with two attached hydrogens (primary N) is 2. The van der Waals surface area contributed by atoms with Crippen molar-refractivity contribution in [3.63, 3.8) is 0 Å². The molecule has 0 aliphatic carbocycles. The summed E-state index contributed by atoms with van der Waals surface area (Å²) < 4.78 is 0. The van der Waals surface area contributed by atoms with Gasteiger partial charge < -0.3 is 16.8 Å². The second kappa shape index (κ2) is 6.61. The highest BCUT2D eigenvalue weighted by Gasteiger charge is 2.08. The number of nitrogens with zero attached hydrogens (tertiary/aromatic N) is 2. The molecule has 0 spiro atoms. The maximum atomic E-state index is 10.4. The van der Waals surface area contributed by atoms with E-state index in [1.807, 2.05) is 0 Å². The van der Waals surface area contributed by atoms with Crippen LogP contribution in [0.3, 0.4) is 0 Å². The Kier molecular flexibility index (Phi) is 5.86. The Morgan fingerprint density at radius 2 is 2.29 bits per heavy atom. The van der Waals surface area contributed by atoms with Crippen LogP contribution in [0.4, 0.5) is 11.5 Å². The summed E-state index contributed by atoms with van der Waals surface area (Å²) >= 11 is 0. The van der Waals surface area contributed by atoms with E-state index in [9.17, 15) is 10.1 Å². The fourth-order valence-corrected chi connectivity index (χ4v) is 1.06. The topological polar surface area (TPSA) is 144 Å². The molecule has 0 fully saturated rings. The van der Waals surface area contributed by atoms with Gasteiger partial charge in [0, 0.05) is 12.5 Å². The SMILES string of the molecule is Cl.N=C(N)CC(N)Nc1ccc([N+](=O)[O-])cn1. The van der Waals surface area contributed by atoms with Gasteiger partial charge in [-0.05, 0) is 6.07 Å². The lowest BCUT2D eigenvalue weighted by Gasteiger charge is -2.12. The standard InChI is InChI=1S/C8H12N6O2.ClH/c9-6(10)3-7(11)13-8-2-1-5(4-12-8)14(15)16;/h1-2,4,7H,3,11H2,(H3,9,10)(H,12,13);1H. The molecule has 6 N–H and O–H groups in total. The Balaban J connectivity index is 0.00000256. The van der Waals surface area contributed by atoms with Crippen LogP contribution in [0.2, 0.25) is 0 Å². The Morgan fingerprint density at radius 1 is 1.65 bits per heavy atom. The Morgan fingerprint density at radius 3 is 2.71 bits per heavy atom. The van der Waals surface area contributed by atoms with Crippen LogP contribution in [0.25, 0.3) is 0 Å². The molecule has 1 unspecified atom stereocenters. The molecule has 17 heavy (non-hydrogen) atoms. The van der Waals surface area contributed by atoms with Gasteiger partial charge in [0.1, 0.15) is 12.0 Å². The van der Waals surface area contributed by atoms with Crippen molar-refractivity contribution < 1.29 is 4.92 Å². The average molecular weight is 261 g/mol. The first-order valence-electron chi connectivity index (χ1n) is 4.44. The third-order valence-corrected chi connectivity index (χ3v) is 1.73. The molecule has 0 amide bonds. The zero-order chi connectivity index (χ0) is 12.1. The van der Waals surface area contributed by atoms with Gasteiger partial charge in [-0.15, -0.1) is 12.4 Å². The van der Waals surface area contributed by atoms with Gasteiger partial charge in [0.2, 0.25) is 0 Å². The zero-order valence-corrected chi connectivity index (χ0v) is 9.61. The Labute approximate surface area is 103 Å². The molecule has 0 radical (unpaired) electrons. The van der Waals surface area contributed by atoms with Crippen molar-refractivity contribution in [1.82, 2.24) is 4.98 Å². The van der Waals surface area contributed by atoms with Crippen LogP contribution in [0.15, 0.2) is 18.3 Å². The molecule has 0 bridgehead atoms. The number of pyridine rings is 1. The number of hydrogen-bond acceptors (Lipinski definition) is 6. The maximum Gasteiger partial charge on any atom is 0.287 e. The van der Waals surface area contributed by atoms with Crippen molar-refractivity contribution in [1.29, 1.82) is 5.41 Å². The molecule has 1 rings (SSSR count). The first kappa shape index (κ1) is 15.1. The number of rotatable bonds is 5. The van der Waals surface area contributed by atoms with Crippen molar-refractivity contribution in [3.8, 4) is 0 Å². The minimum atomic E-state index is -0.536. The van der Waals surface area contributed by atoms with Crippen LogP contribution >= 0.6 is 12.4 Å². The molecule has 0 saturated carbocycles. The summed E-state index contributed by atoms with van der Waals surface area (Å²) in [5.74, 6) is 0.362. The highest BCUT2D eigenvalue weighted by atomic mass is 35.5. The lowest BCUT2D eigenvalue weighted by Crippen LogP contribution is -2.34. The lowest BCUT2D eigenvalue weighted by molar-refractivity contribution is -0.385. The van der Waals surface area contributed by atoms with Crippen LogP contribution in [-0.4, -0.2) is 21.9 Å². The molecule has 1 aromatic rings. The summed E-state index contributed by atoms with van der Waals surface area (Å²) in [4.78, 5) is 13.6. The monoisotopic (exact) mass is 260 g/mol. The van der Waals surface area contributed by atoms with E-state index in [-0.39, 0.29) is 30.4 Å². The number of nitro groups is 1. The molecule has 1 aromatic heterocycles. The van der Waals surface area contributed by atoms with Gasteiger partial charge in [0.15, 0.2) is 0 Å². The maximum absolute atomic E-state index is 10.4. The molecule has 0 aliphatic heterocycles. The number of nitrogens with one attached hydrogen (secondary N) is 2. The molecule has 9 heteroatoms. The van der Waals surface area contributed by atoms with Gasteiger partial charge in [-0.25, -0.2) is 4.98 Å². The molecular weight excluding hydrogens is 248 g/mol. The summed E-state index contributed by atoms with van der Waals surface area (Å²) in [5, 5.41) is 20.1. The Bertz CT molecular complexity index is 396. The molecule has 1 heterocycles. The third-order valence-electron chi connectivity index (χ3n) is 1.73. The van der Waals surface area contributed by atoms with Gasteiger partial charge in [-0.2, -0.15) is 0 Å². The van der Waals surface area contributed by atoms with Gasteiger partial charge in [0.25, 0.3) is 5.69 Å². The van der Waals surface area contributed by atoms with Crippen LogP contribution in [0, 0.1) is 15.5 Å². The summed E-state index contributed by atoms with van der Waals surface area (Å²) in [5.41, 5.74) is 10.7. The first-order valence-corrected chi connectivity index (χ1v) is 4.44. The number of aromatic nitrogens is 1. The number of halogens is 1. The van der Waals surface area contributed by atoms with Gasteiger partial charge >= 0.3 is 0 Å². The summed E-state index contributed by atoms with van der Waals surface area (Å²) in [6, 6.07) is 2.76. The highest BCUT2D eigenvalue weighted by molar-refractivity contribution is 5.85. The smallest absolute Gasteiger partial charge is 0.287 e. The number of amidine groups is 1. The van der Waals surface area contributed by atoms with Crippen LogP contribution in [0.1, 0.15) is 6.42 Å². The molecular formula is C8H13ClN6O2. The molecule has 0 aromatic carbocycles. The predicted molar refractivity (Wildman–Crippen MR) is 66.3 cm³/mol. The van der Waals surface area contributed by atoms with Crippen molar-refractivity contribution in [2.75, 3.05) is 5.32 Å². The average Bonchev–Trinajstić information content (AvgIpc) is 2.16. The largest absolute Gasteiger partial charge is 0.388 e. The second-order valence-corrected chi connectivity index (χ2v) is 3.14. The zero-order valence-electron chi connectivity index (χ0n) is 8.79. The minimum Gasteiger partial charge on any atom is -0.388 e. The second-order valence-electron chi connectivity index (χ2n) is 3.14. The van der Waals surface area contributed by atoms with Gasteiger partial charge in [-0.1, -0.05) is 0 Å². The van der Waals surface area contributed by atoms with Gasteiger partial charge in [0.05, 0.1) is 16.9 Å². The summed E-state index contributed by atoms with van der Waals surface area (Å²) in [6.45, 7) is 0. The third kappa shape index (κ3) is 5.09. The lowest BCUT2D eigenvalue weighted by atomic mass is 10.3. The van der Waals surface area contributed by atoms with Crippen molar-refractivity contribution >= 4 is 29.7 Å². The van der Waals surface area contributed by atoms with E-state index in [1.165, 1.54) is 12.1 Å². The van der Waals surface area contributed by atoms with Crippen molar-refractivity contribution in [2.24, 2.45) is 11.5 Å². The first-order chi connectivity index (χ1) is 7.49. The number of anilines is 1. The quantitative estimate of drug-likeness (QED) is 0.199. The van der Waals surface area contributed by atoms with Crippen molar-refractivity contribution in [2.45, 2.75) is 12.6 Å². The van der Waals surface area contributed by atoms with E-state index in [0.717, 1.165) is 6.20 Å². The van der Waals surface area contributed by atoms with E-state index >= 15 is 0 Å². The van der Waals surface area contributed by atoms with E-state index in [0.29, 0.717) is 5.82 Å². The normalized spacial score (nSPS) is 11.1. The molecule has 94 valence electrons. The van der Waals surface area contributed by atoms with Crippen LogP contribution in [-0.2, 0) is 0 Å². The fourth-order valence-electron chi connectivity index (χ4n) is 1.06.